The number of rotatable bonds is 12. The monoisotopic (exact) mass is 379 g/mol. The molecule has 0 aliphatic rings. The van der Waals surface area contributed by atoms with Crippen molar-refractivity contribution < 1.29 is 10.0 Å². The summed E-state index contributed by atoms with van der Waals surface area (Å²) in [5.74, 6) is 0.714. The van der Waals surface area contributed by atoms with Gasteiger partial charge >= 0.3 is 0 Å². The smallest absolute Gasteiger partial charge is 0.292 e. The minimum atomic E-state index is -0.391. The van der Waals surface area contributed by atoms with Gasteiger partial charge in [0.25, 0.3) is 5.69 Å². The number of hydrogen-bond donors (Lipinski definition) is 4. The molecule has 152 valence electrons. The van der Waals surface area contributed by atoms with Crippen molar-refractivity contribution in [2.45, 2.75) is 40.0 Å². The van der Waals surface area contributed by atoms with Gasteiger partial charge in [-0.2, -0.15) is 0 Å². The molecule has 1 aromatic carbocycles. The van der Waals surface area contributed by atoms with Crippen molar-refractivity contribution in [3.05, 3.63) is 34.4 Å². The third-order valence-corrected chi connectivity index (χ3v) is 4.89. The van der Waals surface area contributed by atoms with Gasteiger partial charge < -0.3 is 21.1 Å². The maximum atomic E-state index is 11.0. The zero-order valence-electron chi connectivity index (χ0n) is 16.6. The van der Waals surface area contributed by atoms with Crippen LogP contribution in [0, 0.1) is 15.5 Å². The zero-order chi connectivity index (χ0) is 20.1. The number of nitro groups is 1. The number of nitrogens with one attached hydrogen (secondary N) is 3. The Bertz CT molecular complexity index is 603. The molecule has 0 aliphatic heterocycles. The number of nitrogens with zero attached hydrogens (tertiary/aromatic N) is 2. The molecule has 8 heteroatoms. The van der Waals surface area contributed by atoms with Crippen LogP contribution in [0.3, 0.4) is 0 Å². The fraction of sp³-hybridized carbons (Fsp3) is 0.632. The second-order valence-corrected chi connectivity index (χ2v) is 6.50. The van der Waals surface area contributed by atoms with E-state index in [1.54, 1.807) is 18.2 Å². The molecule has 0 saturated carbocycles. The van der Waals surface area contributed by atoms with Crippen LogP contribution in [0.1, 0.15) is 40.0 Å². The van der Waals surface area contributed by atoms with Gasteiger partial charge in [-0.15, -0.1) is 0 Å². The number of benzene rings is 1. The van der Waals surface area contributed by atoms with E-state index in [1.165, 1.54) is 6.07 Å². The Hall–Kier alpha value is -2.35. The Balaban J connectivity index is 2.61. The van der Waals surface area contributed by atoms with Crippen LogP contribution in [-0.2, 0) is 0 Å². The first-order valence-electron chi connectivity index (χ1n) is 9.62. The molecule has 1 rings (SSSR count). The lowest BCUT2D eigenvalue weighted by Gasteiger charge is -2.29. The van der Waals surface area contributed by atoms with Crippen molar-refractivity contribution in [1.82, 2.24) is 10.6 Å². The number of hydrogen-bond acceptors (Lipinski definition) is 5. The van der Waals surface area contributed by atoms with E-state index in [1.807, 2.05) is 6.92 Å². The van der Waals surface area contributed by atoms with E-state index in [0.717, 1.165) is 25.8 Å². The van der Waals surface area contributed by atoms with E-state index < -0.39 is 4.92 Å². The molecule has 0 heterocycles. The van der Waals surface area contributed by atoms with Gasteiger partial charge in [-0.25, -0.2) is 0 Å². The number of aliphatic hydroxyl groups is 1. The van der Waals surface area contributed by atoms with Crippen molar-refractivity contribution >= 4 is 17.3 Å². The number of guanidine groups is 1. The molecule has 4 N–H and O–H groups in total. The highest BCUT2D eigenvalue weighted by Gasteiger charge is 2.25. The summed E-state index contributed by atoms with van der Waals surface area (Å²) >= 11 is 0. The van der Waals surface area contributed by atoms with Crippen molar-refractivity contribution in [2.24, 2.45) is 10.4 Å². The topological polar surface area (TPSA) is 112 Å². The molecule has 0 saturated heterocycles. The summed E-state index contributed by atoms with van der Waals surface area (Å²) in [6.07, 6.45) is 2.67. The summed E-state index contributed by atoms with van der Waals surface area (Å²) in [7, 11) is 0. The summed E-state index contributed by atoms with van der Waals surface area (Å²) in [4.78, 5) is 15.3. The molecule has 27 heavy (non-hydrogen) atoms. The van der Waals surface area contributed by atoms with E-state index >= 15 is 0 Å². The molecule has 0 unspecified atom stereocenters. The number of anilines is 1. The van der Waals surface area contributed by atoms with Crippen LogP contribution < -0.4 is 16.0 Å². The van der Waals surface area contributed by atoms with Crippen LogP contribution in [0.15, 0.2) is 29.3 Å². The van der Waals surface area contributed by atoms with E-state index in [2.05, 4.69) is 34.8 Å². The lowest BCUT2D eigenvalue weighted by Crippen LogP contribution is -2.40. The van der Waals surface area contributed by atoms with E-state index in [0.29, 0.717) is 31.3 Å². The molecular formula is C19H33N5O3. The summed E-state index contributed by atoms with van der Waals surface area (Å²) in [6, 6.07) is 6.60. The van der Waals surface area contributed by atoms with Crippen molar-refractivity contribution in [1.29, 1.82) is 0 Å². The highest BCUT2D eigenvalue weighted by atomic mass is 16.6. The van der Waals surface area contributed by atoms with Gasteiger partial charge in [-0.05, 0) is 37.7 Å². The number of aliphatic imine (C=N–C) groups is 1. The first-order chi connectivity index (χ1) is 13.0. The van der Waals surface area contributed by atoms with Crippen LogP contribution in [-0.4, -0.2) is 48.8 Å². The summed E-state index contributed by atoms with van der Waals surface area (Å²) in [5, 5.41) is 29.9. The fourth-order valence-corrected chi connectivity index (χ4v) is 2.89. The highest BCUT2D eigenvalue weighted by molar-refractivity contribution is 5.79. The predicted octanol–water partition coefficient (Wildman–Crippen LogP) is 2.75. The molecule has 0 spiro atoms. The summed E-state index contributed by atoms with van der Waals surface area (Å²) in [6.45, 7) is 8.92. The quantitative estimate of drug-likeness (QED) is 0.146. The van der Waals surface area contributed by atoms with Crippen LogP contribution in [0.25, 0.3) is 0 Å². The molecule has 0 atom stereocenters. The molecular weight excluding hydrogens is 346 g/mol. The fourth-order valence-electron chi connectivity index (χ4n) is 2.89. The van der Waals surface area contributed by atoms with E-state index in [9.17, 15) is 15.2 Å². The standard InChI is InChI=1S/C19H33N5O3/c1-4-19(5-2,11-14-25)15-23-18(20-6-3)22-13-12-21-16-9-7-8-10-17(16)24(26)27/h7-10,21,25H,4-6,11-15H2,1-3H3,(H2,20,22,23). The molecule has 0 aliphatic carbocycles. The Morgan fingerprint density at radius 2 is 1.89 bits per heavy atom. The summed E-state index contributed by atoms with van der Waals surface area (Å²) < 4.78 is 0. The van der Waals surface area contributed by atoms with Gasteiger partial charge in [-0.1, -0.05) is 26.0 Å². The molecule has 0 amide bonds. The minimum absolute atomic E-state index is 0.0139. The van der Waals surface area contributed by atoms with Crippen molar-refractivity contribution in [3.8, 4) is 0 Å². The zero-order valence-corrected chi connectivity index (χ0v) is 16.6. The van der Waals surface area contributed by atoms with Gasteiger partial charge in [-0.3, -0.25) is 15.1 Å². The SMILES string of the molecule is CCNC(=NCC(CC)(CC)CCO)NCCNc1ccccc1[N+](=O)[O-]. The van der Waals surface area contributed by atoms with Gasteiger partial charge in [0.2, 0.25) is 0 Å². The van der Waals surface area contributed by atoms with Crippen LogP contribution >= 0.6 is 0 Å². The first kappa shape index (κ1) is 22.7. The molecule has 0 aromatic heterocycles. The molecule has 0 fully saturated rings. The number of para-hydroxylation sites is 2. The average Bonchev–Trinajstić information content (AvgIpc) is 2.68. The number of nitro benzene ring substituents is 1. The molecule has 0 bridgehead atoms. The van der Waals surface area contributed by atoms with Gasteiger partial charge in [0.05, 0.1) is 4.92 Å². The third kappa shape index (κ3) is 7.42. The van der Waals surface area contributed by atoms with Crippen LogP contribution in [0.2, 0.25) is 0 Å². The van der Waals surface area contributed by atoms with Crippen LogP contribution in [0.4, 0.5) is 11.4 Å². The lowest BCUT2D eigenvalue weighted by molar-refractivity contribution is -0.384. The largest absolute Gasteiger partial charge is 0.396 e. The van der Waals surface area contributed by atoms with E-state index in [-0.39, 0.29) is 17.7 Å². The minimum Gasteiger partial charge on any atom is -0.396 e. The highest BCUT2D eigenvalue weighted by Crippen LogP contribution is 2.30. The van der Waals surface area contributed by atoms with Gasteiger partial charge in [0, 0.05) is 38.9 Å². The Morgan fingerprint density at radius 1 is 1.19 bits per heavy atom. The second kappa shape index (κ2) is 12.1. The third-order valence-electron chi connectivity index (χ3n) is 4.89. The van der Waals surface area contributed by atoms with E-state index in [4.69, 9.17) is 0 Å². The normalized spacial score (nSPS) is 11.9. The maximum Gasteiger partial charge on any atom is 0.292 e. The Labute approximate surface area is 161 Å². The second-order valence-electron chi connectivity index (χ2n) is 6.50. The predicted molar refractivity (Wildman–Crippen MR) is 110 cm³/mol. The van der Waals surface area contributed by atoms with Gasteiger partial charge in [0.15, 0.2) is 5.96 Å². The maximum absolute atomic E-state index is 11.0. The van der Waals surface area contributed by atoms with Crippen molar-refractivity contribution in [3.63, 3.8) is 0 Å². The lowest BCUT2D eigenvalue weighted by atomic mass is 9.79. The van der Waals surface area contributed by atoms with Crippen molar-refractivity contribution in [2.75, 3.05) is 38.1 Å². The van der Waals surface area contributed by atoms with Gasteiger partial charge in [0.1, 0.15) is 5.69 Å². The Kier molecular flexibility index (Phi) is 10.2. The molecule has 1 aromatic rings. The first-order valence-corrected chi connectivity index (χ1v) is 9.62. The molecule has 0 radical (unpaired) electrons. The summed E-state index contributed by atoms with van der Waals surface area (Å²) in [5.41, 5.74) is 0.586. The molecule has 8 nitrogen and oxygen atoms in total. The Morgan fingerprint density at radius 3 is 2.48 bits per heavy atom. The average molecular weight is 380 g/mol. The number of aliphatic hydroxyl groups excluding tert-OH is 1. The van der Waals surface area contributed by atoms with Crippen LogP contribution in [0.5, 0.6) is 0 Å².